The fourth-order valence-electron chi connectivity index (χ4n) is 4.90. The Morgan fingerprint density at radius 2 is 2.00 bits per heavy atom. The second kappa shape index (κ2) is 10.5. The molecular formula is C24H35N9O2. The summed E-state index contributed by atoms with van der Waals surface area (Å²) in [6, 6.07) is 0. The standard InChI is InChI=1S/C24H35N9O2/c1-16-9-8-12-24(3,4)18(16)11-10-17(2)26-28-23(34)20-19(15-32-13-6-5-7-14-32)33(31-27-20)22-21(25)29-35-30-22/h10-11H,5-9,12-15H2,1-4H3,(H2,25,29)(H,28,34)/b11-10+,26-17+. The Morgan fingerprint density at radius 1 is 1.23 bits per heavy atom. The number of nitrogens with two attached hydrogens (primary N) is 1. The highest BCUT2D eigenvalue weighted by molar-refractivity contribution is 5.97. The molecule has 3 heterocycles. The first-order chi connectivity index (χ1) is 16.8. The summed E-state index contributed by atoms with van der Waals surface area (Å²) in [5.74, 6) is -0.152. The molecule has 0 saturated carbocycles. The lowest BCUT2D eigenvalue weighted by atomic mass is 9.72. The minimum Gasteiger partial charge on any atom is -0.378 e. The average Bonchev–Trinajstić information content (AvgIpc) is 3.43. The number of hydrogen-bond acceptors (Lipinski definition) is 9. The van der Waals surface area contributed by atoms with Crippen molar-refractivity contribution in [1.82, 2.24) is 35.6 Å². The second-order valence-electron chi connectivity index (χ2n) is 10.1. The van der Waals surface area contributed by atoms with Gasteiger partial charge in [-0.25, -0.2) is 10.1 Å². The van der Waals surface area contributed by atoms with Gasteiger partial charge in [0.05, 0.1) is 11.4 Å². The molecule has 1 saturated heterocycles. The number of piperidine rings is 1. The van der Waals surface area contributed by atoms with Crippen LogP contribution in [0.1, 0.15) is 82.4 Å². The van der Waals surface area contributed by atoms with Gasteiger partial charge in [-0.15, -0.1) is 5.10 Å². The highest BCUT2D eigenvalue weighted by Crippen LogP contribution is 2.40. The average molecular weight is 482 g/mol. The number of nitrogens with one attached hydrogen (secondary N) is 1. The number of hydrazone groups is 1. The van der Waals surface area contributed by atoms with E-state index in [2.05, 4.69) is 62.9 Å². The van der Waals surface area contributed by atoms with Crippen LogP contribution in [-0.4, -0.2) is 54.9 Å². The third-order valence-corrected chi connectivity index (χ3v) is 6.86. The summed E-state index contributed by atoms with van der Waals surface area (Å²) in [6.45, 7) is 10.9. The Bertz CT molecular complexity index is 1150. The second-order valence-corrected chi connectivity index (χ2v) is 10.1. The van der Waals surface area contributed by atoms with Gasteiger partial charge in [-0.05, 0) is 86.4 Å². The van der Waals surface area contributed by atoms with E-state index in [0.717, 1.165) is 38.8 Å². The van der Waals surface area contributed by atoms with Crippen LogP contribution in [0.25, 0.3) is 5.82 Å². The van der Waals surface area contributed by atoms with E-state index < -0.39 is 5.91 Å². The number of carbonyl (C=O) groups is 1. The molecule has 11 heteroatoms. The SMILES string of the molecule is CC1=C(/C=C/C(C)=N/NC(=O)c2nnn(-c3nonc3N)c2CN2CCCCC2)C(C)(C)CCC1. The Balaban J connectivity index is 1.53. The normalized spacial score (nSPS) is 19.5. The molecular weight excluding hydrogens is 446 g/mol. The largest absolute Gasteiger partial charge is 0.378 e. The number of amides is 1. The van der Waals surface area contributed by atoms with Gasteiger partial charge in [0.1, 0.15) is 0 Å². The Labute approximate surface area is 205 Å². The molecule has 3 N–H and O–H groups in total. The number of nitrogen functional groups attached to an aromatic ring is 1. The van der Waals surface area contributed by atoms with Gasteiger partial charge >= 0.3 is 0 Å². The van der Waals surface area contributed by atoms with Crippen LogP contribution in [0, 0.1) is 5.41 Å². The first kappa shape index (κ1) is 24.8. The van der Waals surface area contributed by atoms with Gasteiger partial charge in [0.2, 0.25) is 11.6 Å². The summed E-state index contributed by atoms with van der Waals surface area (Å²) in [5.41, 5.74) is 12.8. The first-order valence-corrected chi connectivity index (χ1v) is 12.2. The predicted molar refractivity (Wildman–Crippen MR) is 133 cm³/mol. The summed E-state index contributed by atoms with van der Waals surface area (Å²) in [5, 5.41) is 20.0. The maximum atomic E-state index is 13.1. The van der Waals surface area contributed by atoms with Crippen LogP contribution in [0.2, 0.25) is 0 Å². The number of aromatic nitrogens is 5. The molecule has 2 aromatic heterocycles. The summed E-state index contributed by atoms with van der Waals surface area (Å²) in [6.07, 6.45) is 11.0. The van der Waals surface area contributed by atoms with Crippen LogP contribution in [0.5, 0.6) is 0 Å². The fourth-order valence-corrected chi connectivity index (χ4v) is 4.90. The van der Waals surface area contributed by atoms with Crippen molar-refractivity contribution in [2.75, 3.05) is 18.8 Å². The quantitative estimate of drug-likeness (QED) is 0.453. The van der Waals surface area contributed by atoms with Gasteiger partial charge in [-0.2, -0.15) is 9.78 Å². The van der Waals surface area contributed by atoms with E-state index in [4.69, 9.17) is 10.4 Å². The lowest BCUT2D eigenvalue weighted by molar-refractivity contribution is 0.0947. The van der Waals surface area contributed by atoms with Crippen LogP contribution in [0.3, 0.4) is 0 Å². The summed E-state index contributed by atoms with van der Waals surface area (Å²) in [4.78, 5) is 15.3. The van der Waals surface area contributed by atoms with E-state index in [9.17, 15) is 4.79 Å². The van der Waals surface area contributed by atoms with Crippen molar-refractivity contribution in [1.29, 1.82) is 0 Å². The molecule has 2 aliphatic rings. The molecule has 0 bridgehead atoms. The molecule has 4 rings (SSSR count). The van der Waals surface area contributed by atoms with E-state index in [1.165, 1.54) is 28.7 Å². The molecule has 1 aliphatic carbocycles. The van der Waals surface area contributed by atoms with Crippen molar-refractivity contribution in [2.24, 2.45) is 10.5 Å². The minimum absolute atomic E-state index is 0.0796. The topological polar surface area (TPSA) is 140 Å². The first-order valence-electron chi connectivity index (χ1n) is 12.2. The Kier molecular flexibility index (Phi) is 7.44. The number of likely N-dealkylation sites (tertiary alicyclic amines) is 1. The highest BCUT2D eigenvalue weighted by Gasteiger charge is 2.27. The van der Waals surface area contributed by atoms with Gasteiger partial charge < -0.3 is 5.73 Å². The molecule has 1 fully saturated rings. The van der Waals surface area contributed by atoms with Crippen molar-refractivity contribution < 1.29 is 9.42 Å². The smallest absolute Gasteiger partial charge is 0.293 e. The van der Waals surface area contributed by atoms with Crippen LogP contribution < -0.4 is 11.2 Å². The molecule has 35 heavy (non-hydrogen) atoms. The Hall–Kier alpha value is -3.34. The van der Waals surface area contributed by atoms with Crippen LogP contribution in [0.4, 0.5) is 5.82 Å². The molecule has 1 amide bonds. The molecule has 1 aliphatic heterocycles. The molecule has 0 spiro atoms. The van der Waals surface area contributed by atoms with Crippen LogP contribution in [-0.2, 0) is 6.54 Å². The van der Waals surface area contributed by atoms with Crippen molar-refractivity contribution >= 4 is 17.4 Å². The highest BCUT2D eigenvalue weighted by atomic mass is 16.6. The minimum atomic E-state index is -0.445. The van der Waals surface area contributed by atoms with Crippen LogP contribution in [0.15, 0.2) is 33.0 Å². The summed E-state index contributed by atoms with van der Waals surface area (Å²) >= 11 is 0. The number of nitrogens with zero attached hydrogens (tertiary/aromatic N) is 7. The van der Waals surface area contributed by atoms with Gasteiger partial charge in [0.15, 0.2) is 5.69 Å². The van der Waals surface area contributed by atoms with E-state index in [1.807, 2.05) is 13.0 Å². The number of allylic oxidation sites excluding steroid dienone is 4. The molecule has 11 nitrogen and oxygen atoms in total. The predicted octanol–water partition coefficient (Wildman–Crippen LogP) is 3.41. The zero-order valence-electron chi connectivity index (χ0n) is 21.0. The van der Waals surface area contributed by atoms with E-state index >= 15 is 0 Å². The lowest BCUT2D eigenvalue weighted by Crippen LogP contribution is -2.31. The monoisotopic (exact) mass is 481 g/mol. The van der Waals surface area contributed by atoms with Gasteiger partial charge in [0, 0.05) is 6.54 Å². The maximum absolute atomic E-state index is 13.1. The third kappa shape index (κ3) is 5.67. The zero-order chi connectivity index (χ0) is 25.0. The van der Waals surface area contributed by atoms with Crippen molar-refractivity contribution in [2.45, 2.75) is 72.8 Å². The fraction of sp³-hybridized carbons (Fsp3) is 0.583. The van der Waals surface area contributed by atoms with Crippen molar-refractivity contribution in [3.8, 4) is 5.82 Å². The third-order valence-electron chi connectivity index (χ3n) is 6.86. The Morgan fingerprint density at radius 3 is 2.69 bits per heavy atom. The molecule has 0 aromatic carbocycles. The van der Waals surface area contributed by atoms with E-state index in [-0.39, 0.29) is 22.7 Å². The molecule has 2 aromatic rings. The zero-order valence-corrected chi connectivity index (χ0v) is 21.0. The molecule has 0 radical (unpaired) electrons. The number of hydrogen-bond donors (Lipinski definition) is 2. The number of rotatable bonds is 7. The number of anilines is 1. The number of carbonyl (C=O) groups excluding carboxylic acids is 1. The van der Waals surface area contributed by atoms with Crippen molar-refractivity contribution in [3.63, 3.8) is 0 Å². The molecule has 0 unspecified atom stereocenters. The van der Waals surface area contributed by atoms with Gasteiger partial charge in [0.25, 0.3) is 5.91 Å². The van der Waals surface area contributed by atoms with E-state index in [1.54, 1.807) is 0 Å². The van der Waals surface area contributed by atoms with E-state index in [0.29, 0.717) is 18.0 Å². The van der Waals surface area contributed by atoms with Gasteiger partial charge in [-0.1, -0.05) is 37.1 Å². The lowest BCUT2D eigenvalue weighted by Gasteiger charge is -2.32. The molecule has 188 valence electrons. The van der Waals surface area contributed by atoms with Crippen molar-refractivity contribution in [3.05, 3.63) is 34.7 Å². The summed E-state index contributed by atoms with van der Waals surface area (Å²) < 4.78 is 6.15. The maximum Gasteiger partial charge on any atom is 0.293 e. The van der Waals surface area contributed by atoms with Gasteiger partial charge in [-0.3, -0.25) is 9.69 Å². The van der Waals surface area contributed by atoms with Crippen LogP contribution >= 0.6 is 0 Å². The summed E-state index contributed by atoms with van der Waals surface area (Å²) in [7, 11) is 0. The molecule has 0 atom stereocenters.